The van der Waals surface area contributed by atoms with Crippen molar-refractivity contribution in [3.63, 3.8) is 0 Å². The number of para-hydroxylation sites is 1. The molecular weight excluding hydrogens is 326 g/mol. The van der Waals surface area contributed by atoms with Gasteiger partial charge in [-0.2, -0.15) is 0 Å². The molecule has 0 spiro atoms. The van der Waals surface area contributed by atoms with Gasteiger partial charge in [0.15, 0.2) is 5.76 Å². The molecule has 2 aromatic carbocycles. The van der Waals surface area contributed by atoms with E-state index in [4.69, 9.17) is 4.42 Å². The first-order chi connectivity index (χ1) is 12.7. The molecule has 0 radical (unpaired) electrons. The number of rotatable bonds is 4. The van der Waals surface area contributed by atoms with Crippen molar-refractivity contribution < 1.29 is 9.52 Å². The third kappa shape index (κ3) is 2.93. The maximum Gasteiger partial charge on any atom is 0.262 e. The Labute approximate surface area is 150 Å². The van der Waals surface area contributed by atoms with Crippen molar-refractivity contribution in [2.24, 2.45) is 0 Å². The SMILES string of the molecule is O=c1c(Cc2ccccc2)c(O)cc(-c2ccco2)n1-c1ccccc1. The van der Waals surface area contributed by atoms with Gasteiger partial charge in [0.05, 0.1) is 17.5 Å². The smallest absolute Gasteiger partial charge is 0.262 e. The molecule has 0 aliphatic carbocycles. The summed E-state index contributed by atoms with van der Waals surface area (Å²) in [5.41, 5.74) is 2.30. The summed E-state index contributed by atoms with van der Waals surface area (Å²) in [6.45, 7) is 0. The fourth-order valence-electron chi connectivity index (χ4n) is 3.04. The van der Waals surface area contributed by atoms with Crippen molar-refractivity contribution in [2.45, 2.75) is 6.42 Å². The number of hydrogen-bond acceptors (Lipinski definition) is 3. The fraction of sp³-hybridized carbons (Fsp3) is 0.0455. The third-order valence-electron chi connectivity index (χ3n) is 4.30. The molecule has 4 heteroatoms. The molecular formula is C22H17NO3. The number of nitrogens with zero attached hydrogens (tertiary/aromatic N) is 1. The summed E-state index contributed by atoms with van der Waals surface area (Å²) in [5, 5.41) is 10.5. The average molecular weight is 343 g/mol. The van der Waals surface area contributed by atoms with E-state index in [1.54, 1.807) is 29.0 Å². The first-order valence-electron chi connectivity index (χ1n) is 8.35. The minimum atomic E-state index is -0.258. The summed E-state index contributed by atoms with van der Waals surface area (Å²) >= 11 is 0. The fourth-order valence-corrected chi connectivity index (χ4v) is 3.04. The molecule has 0 aliphatic rings. The Morgan fingerprint density at radius 3 is 2.23 bits per heavy atom. The quantitative estimate of drug-likeness (QED) is 0.598. The van der Waals surface area contributed by atoms with E-state index in [1.807, 2.05) is 60.7 Å². The van der Waals surface area contributed by atoms with Crippen molar-refractivity contribution in [2.75, 3.05) is 0 Å². The summed E-state index contributed by atoms with van der Waals surface area (Å²) in [4.78, 5) is 13.3. The van der Waals surface area contributed by atoms with Gasteiger partial charge in [-0.15, -0.1) is 0 Å². The molecule has 2 heterocycles. The lowest BCUT2D eigenvalue weighted by Gasteiger charge is -2.15. The Bertz CT molecular complexity index is 1070. The van der Waals surface area contributed by atoms with Crippen LogP contribution in [0.25, 0.3) is 17.1 Å². The van der Waals surface area contributed by atoms with Crippen LogP contribution < -0.4 is 5.56 Å². The van der Waals surface area contributed by atoms with Crippen LogP contribution >= 0.6 is 0 Å². The van der Waals surface area contributed by atoms with Crippen LogP contribution in [0.3, 0.4) is 0 Å². The van der Waals surface area contributed by atoms with Crippen LogP contribution in [0.4, 0.5) is 0 Å². The lowest BCUT2D eigenvalue weighted by molar-refractivity contribution is 0.466. The van der Waals surface area contributed by atoms with Crippen LogP contribution in [-0.4, -0.2) is 9.67 Å². The summed E-state index contributed by atoms with van der Waals surface area (Å²) in [6.07, 6.45) is 1.90. The number of benzene rings is 2. The molecule has 0 aliphatic heterocycles. The Hall–Kier alpha value is -3.53. The summed E-state index contributed by atoms with van der Waals surface area (Å²) < 4.78 is 7.06. The van der Waals surface area contributed by atoms with Gasteiger partial charge in [-0.25, -0.2) is 0 Å². The Morgan fingerprint density at radius 1 is 0.885 bits per heavy atom. The highest BCUT2D eigenvalue weighted by Crippen LogP contribution is 2.28. The molecule has 4 aromatic rings. The minimum absolute atomic E-state index is 0.0302. The van der Waals surface area contributed by atoms with Gasteiger partial charge in [0, 0.05) is 18.2 Å². The van der Waals surface area contributed by atoms with Crippen molar-refractivity contribution >= 4 is 0 Å². The highest BCUT2D eigenvalue weighted by Gasteiger charge is 2.18. The number of furan rings is 1. The number of hydrogen-bond donors (Lipinski definition) is 1. The molecule has 0 saturated carbocycles. The molecule has 128 valence electrons. The van der Waals surface area contributed by atoms with E-state index in [1.165, 1.54) is 0 Å². The van der Waals surface area contributed by atoms with E-state index < -0.39 is 0 Å². The van der Waals surface area contributed by atoms with E-state index in [2.05, 4.69) is 0 Å². The second-order valence-electron chi connectivity index (χ2n) is 6.01. The molecule has 4 nitrogen and oxygen atoms in total. The van der Waals surface area contributed by atoms with Crippen molar-refractivity contribution in [1.29, 1.82) is 0 Å². The predicted octanol–water partition coefficient (Wildman–Crippen LogP) is 4.39. The number of aromatic nitrogens is 1. The first kappa shape index (κ1) is 16.0. The largest absolute Gasteiger partial charge is 0.507 e. The monoisotopic (exact) mass is 343 g/mol. The van der Waals surface area contributed by atoms with E-state index in [0.717, 1.165) is 11.3 Å². The van der Waals surface area contributed by atoms with Crippen molar-refractivity contribution in [3.8, 4) is 22.9 Å². The van der Waals surface area contributed by atoms with Crippen LogP contribution in [0.2, 0.25) is 0 Å². The van der Waals surface area contributed by atoms with Gasteiger partial charge in [-0.1, -0.05) is 48.5 Å². The minimum Gasteiger partial charge on any atom is -0.507 e. The number of pyridine rings is 1. The molecule has 0 amide bonds. The maximum atomic E-state index is 13.3. The second kappa shape index (κ2) is 6.76. The van der Waals surface area contributed by atoms with Crippen molar-refractivity contribution in [1.82, 2.24) is 4.57 Å². The summed E-state index contributed by atoms with van der Waals surface area (Å²) in [7, 11) is 0. The molecule has 0 unspecified atom stereocenters. The van der Waals surface area contributed by atoms with Gasteiger partial charge in [-0.05, 0) is 29.8 Å². The normalized spacial score (nSPS) is 10.8. The van der Waals surface area contributed by atoms with Crippen LogP contribution in [0.1, 0.15) is 11.1 Å². The van der Waals surface area contributed by atoms with Gasteiger partial charge in [0.1, 0.15) is 5.75 Å². The second-order valence-corrected chi connectivity index (χ2v) is 6.01. The Morgan fingerprint density at radius 2 is 1.58 bits per heavy atom. The molecule has 4 rings (SSSR count). The summed E-state index contributed by atoms with van der Waals surface area (Å²) in [6, 6.07) is 24.1. The molecule has 1 N–H and O–H groups in total. The van der Waals surface area contributed by atoms with Gasteiger partial charge >= 0.3 is 0 Å². The lowest BCUT2D eigenvalue weighted by Crippen LogP contribution is -2.24. The van der Waals surface area contributed by atoms with Gasteiger partial charge in [0.2, 0.25) is 0 Å². The molecule has 0 saturated heterocycles. The maximum absolute atomic E-state index is 13.3. The molecule has 2 aromatic heterocycles. The van der Waals surface area contributed by atoms with E-state index in [9.17, 15) is 9.90 Å². The molecule has 0 bridgehead atoms. The van der Waals surface area contributed by atoms with Crippen LogP contribution in [-0.2, 0) is 6.42 Å². The van der Waals surface area contributed by atoms with Crippen LogP contribution in [0, 0.1) is 0 Å². The lowest BCUT2D eigenvalue weighted by atomic mass is 10.0. The topological polar surface area (TPSA) is 55.4 Å². The molecule has 0 fully saturated rings. The zero-order chi connectivity index (χ0) is 17.9. The zero-order valence-corrected chi connectivity index (χ0v) is 14.0. The number of aromatic hydroxyl groups is 1. The van der Waals surface area contributed by atoms with E-state index >= 15 is 0 Å². The predicted molar refractivity (Wildman–Crippen MR) is 101 cm³/mol. The van der Waals surface area contributed by atoms with E-state index in [0.29, 0.717) is 23.4 Å². The zero-order valence-electron chi connectivity index (χ0n) is 14.0. The van der Waals surface area contributed by atoms with Gasteiger partial charge in [0.25, 0.3) is 5.56 Å². The summed E-state index contributed by atoms with van der Waals surface area (Å²) in [5.74, 6) is 0.491. The van der Waals surface area contributed by atoms with Gasteiger partial charge < -0.3 is 9.52 Å². The van der Waals surface area contributed by atoms with Gasteiger partial charge in [-0.3, -0.25) is 9.36 Å². The average Bonchev–Trinajstić information content (AvgIpc) is 3.21. The molecule has 26 heavy (non-hydrogen) atoms. The standard InChI is InChI=1S/C22H17NO3/c24-20-15-19(21-12-7-13-26-21)23(17-10-5-2-6-11-17)22(25)18(20)14-16-8-3-1-4-9-16/h1-13,15,24H,14H2. The van der Waals surface area contributed by atoms with Crippen molar-refractivity contribution in [3.05, 3.63) is 107 Å². The van der Waals surface area contributed by atoms with E-state index in [-0.39, 0.29) is 11.3 Å². The first-order valence-corrected chi connectivity index (χ1v) is 8.35. The highest BCUT2D eigenvalue weighted by molar-refractivity contribution is 5.60. The third-order valence-corrected chi connectivity index (χ3v) is 4.30. The molecule has 0 atom stereocenters. The highest BCUT2D eigenvalue weighted by atomic mass is 16.3. The van der Waals surface area contributed by atoms with Crippen LogP contribution in [0.5, 0.6) is 5.75 Å². The van der Waals surface area contributed by atoms with Crippen LogP contribution in [0.15, 0.2) is 94.3 Å². The Kier molecular flexibility index (Phi) is 4.15. The Balaban J connectivity index is 1.94.